The summed E-state index contributed by atoms with van der Waals surface area (Å²) in [5, 5.41) is 3.33. The molecule has 0 aliphatic carbocycles. The van der Waals surface area contributed by atoms with Gasteiger partial charge in [0, 0.05) is 11.4 Å². The van der Waals surface area contributed by atoms with Crippen LogP contribution in [0.4, 0.5) is 0 Å². The molecule has 2 aromatic rings. The minimum Gasteiger partial charge on any atom is -0.367 e. The predicted molar refractivity (Wildman–Crippen MR) is 85.4 cm³/mol. The van der Waals surface area contributed by atoms with E-state index in [1.165, 1.54) is 21.9 Å². The van der Waals surface area contributed by atoms with Crippen LogP contribution in [0.2, 0.25) is 5.02 Å². The molecule has 0 amide bonds. The van der Waals surface area contributed by atoms with E-state index >= 15 is 0 Å². The van der Waals surface area contributed by atoms with Crippen LogP contribution in [0.1, 0.15) is 44.9 Å². The Morgan fingerprint density at radius 1 is 1.20 bits per heavy atom. The molecular weight excluding hydrogens is 268 g/mol. The number of halogens is 1. The molecule has 1 nitrogen and oxygen atoms in total. The summed E-state index contributed by atoms with van der Waals surface area (Å²) in [6.07, 6.45) is 1.10. The highest BCUT2D eigenvalue weighted by atomic mass is 35.5. The van der Waals surface area contributed by atoms with Gasteiger partial charge in [-0.15, -0.1) is 0 Å². The van der Waals surface area contributed by atoms with Crippen molar-refractivity contribution in [3.05, 3.63) is 46.5 Å². The lowest BCUT2D eigenvalue weighted by atomic mass is 9.82. The van der Waals surface area contributed by atoms with Crippen LogP contribution in [0.5, 0.6) is 0 Å². The van der Waals surface area contributed by atoms with Crippen LogP contribution in [0.25, 0.3) is 10.8 Å². The highest BCUT2D eigenvalue weighted by molar-refractivity contribution is 6.31. The fourth-order valence-corrected chi connectivity index (χ4v) is 3.38. The van der Waals surface area contributed by atoms with E-state index in [1.807, 2.05) is 6.07 Å². The van der Waals surface area contributed by atoms with Gasteiger partial charge >= 0.3 is 0 Å². The topological polar surface area (TPSA) is 9.23 Å². The smallest absolute Gasteiger partial charge is 0.0858 e. The summed E-state index contributed by atoms with van der Waals surface area (Å²) in [7, 11) is 0. The number of ether oxygens (including phenoxy) is 1. The number of rotatable bonds is 1. The van der Waals surface area contributed by atoms with Gasteiger partial charge in [-0.3, -0.25) is 0 Å². The molecule has 3 rings (SSSR count). The minimum absolute atomic E-state index is 0.126. The molecule has 2 heteroatoms. The van der Waals surface area contributed by atoms with Crippen LogP contribution in [0, 0.1) is 5.92 Å². The molecule has 1 heterocycles. The first-order chi connectivity index (χ1) is 9.37. The first-order valence-corrected chi connectivity index (χ1v) is 7.64. The minimum atomic E-state index is -0.126. The largest absolute Gasteiger partial charge is 0.367 e. The summed E-state index contributed by atoms with van der Waals surface area (Å²) in [6.45, 7) is 8.79. The Morgan fingerprint density at radius 3 is 2.60 bits per heavy atom. The maximum Gasteiger partial charge on any atom is 0.0858 e. The molecule has 20 heavy (non-hydrogen) atoms. The SMILES string of the molecule is CC(C)C1OC(C)(C)Cc2c1ccc1ccc(Cl)cc21. The molecule has 1 aliphatic rings. The summed E-state index contributed by atoms with van der Waals surface area (Å²) in [6, 6.07) is 10.6. The van der Waals surface area contributed by atoms with Crippen molar-refractivity contribution in [3.63, 3.8) is 0 Å². The van der Waals surface area contributed by atoms with Gasteiger partial charge in [-0.1, -0.05) is 43.6 Å². The molecule has 0 fully saturated rings. The van der Waals surface area contributed by atoms with Crippen molar-refractivity contribution in [2.24, 2.45) is 5.92 Å². The number of hydrogen-bond acceptors (Lipinski definition) is 1. The zero-order valence-corrected chi connectivity index (χ0v) is 13.3. The Bertz CT molecular complexity index is 658. The summed E-state index contributed by atoms with van der Waals surface area (Å²) in [5.74, 6) is 0.463. The Morgan fingerprint density at radius 2 is 1.90 bits per heavy atom. The zero-order valence-electron chi connectivity index (χ0n) is 12.5. The van der Waals surface area contributed by atoms with Gasteiger partial charge in [0.15, 0.2) is 0 Å². The van der Waals surface area contributed by atoms with E-state index in [0.717, 1.165) is 11.4 Å². The maximum atomic E-state index is 6.31. The molecule has 0 saturated carbocycles. The Balaban J connectivity index is 2.27. The van der Waals surface area contributed by atoms with E-state index in [4.69, 9.17) is 16.3 Å². The first kappa shape index (κ1) is 13.9. The second-order valence-electron chi connectivity index (χ2n) is 6.72. The van der Waals surface area contributed by atoms with Crippen LogP contribution in [0.15, 0.2) is 30.3 Å². The van der Waals surface area contributed by atoms with Crippen molar-refractivity contribution in [1.82, 2.24) is 0 Å². The molecule has 1 aliphatic heterocycles. The van der Waals surface area contributed by atoms with Crippen molar-refractivity contribution in [2.45, 2.75) is 45.8 Å². The van der Waals surface area contributed by atoms with Crippen molar-refractivity contribution >= 4 is 22.4 Å². The number of benzene rings is 2. The maximum absolute atomic E-state index is 6.31. The first-order valence-electron chi connectivity index (χ1n) is 7.26. The lowest BCUT2D eigenvalue weighted by Crippen LogP contribution is -2.36. The molecule has 0 aromatic heterocycles. The van der Waals surface area contributed by atoms with E-state index in [1.54, 1.807) is 0 Å². The van der Waals surface area contributed by atoms with E-state index < -0.39 is 0 Å². The van der Waals surface area contributed by atoms with Gasteiger partial charge in [0.2, 0.25) is 0 Å². The zero-order chi connectivity index (χ0) is 14.5. The molecule has 2 aromatic carbocycles. The molecule has 0 N–H and O–H groups in total. The van der Waals surface area contributed by atoms with E-state index in [-0.39, 0.29) is 11.7 Å². The second kappa shape index (κ2) is 4.75. The van der Waals surface area contributed by atoms with Gasteiger partial charge in [0.25, 0.3) is 0 Å². The van der Waals surface area contributed by atoms with Gasteiger partial charge < -0.3 is 4.74 Å². The van der Waals surface area contributed by atoms with Crippen LogP contribution >= 0.6 is 11.6 Å². The lowest BCUT2D eigenvalue weighted by molar-refractivity contribution is -0.103. The van der Waals surface area contributed by atoms with Crippen LogP contribution in [-0.2, 0) is 11.2 Å². The quantitative estimate of drug-likeness (QED) is 0.669. The molecule has 0 saturated heterocycles. The Hall–Kier alpha value is -1.05. The van der Waals surface area contributed by atoms with Crippen molar-refractivity contribution in [2.75, 3.05) is 0 Å². The molecule has 1 atom stereocenters. The summed E-state index contributed by atoms with van der Waals surface area (Å²) in [4.78, 5) is 0. The van der Waals surface area contributed by atoms with Crippen LogP contribution in [0.3, 0.4) is 0 Å². The Labute approximate surface area is 125 Å². The van der Waals surface area contributed by atoms with Crippen LogP contribution in [-0.4, -0.2) is 5.60 Å². The van der Waals surface area contributed by atoms with Crippen LogP contribution < -0.4 is 0 Å². The monoisotopic (exact) mass is 288 g/mol. The highest BCUT2D eigenvalue weighted by Gasteiger charge is 2.35. The third kappa shape index (κ3) is 2.34. The van der Waals surface area contributed by atoms with Gasteiger partial charge in [0.1, 0.15) is 0 Å². The third-order valence-electron chi connectivity index (χ3n) is 4.09. The Kier molecular flexibility index (Phi) is 3.30. The summed E-state index contributed by atoms with van der Waals surface area (Å²) in [5.41, 5.74) is 2.60. The van der Waals surface area contributed by atoms with Gasteiger partial charge in [0.05, 0.1) is 11.7 Å². The molecule has 106 valence electrons. The average molecular weight is 289 g/mol. The van der Waals surface area contributed by atoms with Gasteiger partial charge in [-0.2, -0.15) is 0 Å². The fraction of sp³-hybridized carbons (Fsp3) is 0.444. The average Bonchev–Trinajstić information content (AvgIpc) is 2.36. The third-order valence-corrected chi connectivity index (χ3v) is 4.33. The lowest BCUT2D eigenvalue weighted by Gasteiger charge is -2.40. The van der Waals surface area contributed by atoms with Gasteiger partial charge in [-0.05, 0) is 53.8 Å². The van der Waals surface area contributed by atoms with Crippen molar-refractivity contribution in [1.29, 1.82) is 0 Å². The van der Waals surface area contributed by atoms with Gasteiger partial charge in [-0.25, -0.2) is 0 Å². The summed E-state index contributed by atoms with van der Waals surface area (Å²) >= 11 is 6.20. The summed E-state index contributed by atoms with van der Waals surface area (Å²) < 4.78 is 6.31. The molecule has 0 bridgehead atoms. The van der Waals surface area contributed by atoms with E-state index in [0.29, 0.717) is 5.92 Å². The van der Waals surface area contributed by atoms with Crippen molar-refractivity contribution < 1.29 is 4.74 Å². The standard InChI is InChI=1S/C18H21ClO/c1-11(2)17-14-8-6-12-5-7-13(19)9-15(12)16(14)10-18(3,4)20-17/h5-9,11,17H,10H2,1-4H3. The van der Waals surface area contributed by atoms with E-state index in [2.05, 4.69) is 52.0 Å². The molecular formula is C18H21ClO. The second-order valence-corrected chi connectivity index (χ2v) is 7.15. The van der Waals surface area contributed by atoms with E-state index in [9.17, 15) is 0 Å². The fourth-order valence-electron chi connectivity index (χ4n) is 3.20. The normalized spacial score (nSPS) is 21.2. The number of hydrogen-bond donors (Lipinski definition) is 0. The number of fused-ring (bicyclic) bond motifs is 3. The molecule has 0 radical (unpaired) electrons. The molecule has 1 unspecified atom stereocenters. The van der Waals surface area contributed by atoms with Crippen molar-refractivity contribution in [3.8, 4) is 0 Å². The highest BCUT2D eigenvalue weighted by Crippen LogP contribution is 2.42. The predicted octanol–water partition coefficient (Wildman–Crippen LogP) is 5.54. The molecule has 0 spiro atoms.